The molecular formula is C15H16ClN3O2. The maximum absolute atomic E-state index is 11.0. The fourth-order valence-corrected chi connectivity index (χ4v) is 2.10. The highest BCUT2D eigenvalue weighted by Crippen LogP contribution is 2.24. The highest BCUT2D eigenvalue weighted by atomic mass is 35.5. The number of carboxylic acids is 1. The molecule has 1 aromatic carbocycles. The lowest BCUT2D eigenvalue weighted by Gasteiger charge is -2.25. The Bertz CT molecular complexity index is 658. The molecule has 2 rings (SSSR count). The molecule has 0 aliphatic rings. The van der Waals surface area contributed by atoms with Crippen molar-refractivity contribution < 1.29 is 9.90 Å². The molecule has 0 spiro atoms. The van der Waals surface area contributed by atoms with Crippen LogP contribution >= 0.6 is 11.6 Å². The third-order valence-electron chi connectivity index (χ3n) is 3.45. The molecule has 0 radical (unpaired) electrons. The molecular weight excluding hydrogens is 290 g/mol. The number of aromatic nitrogens is 2. The van der Waals surface area contributed by atoms with Gasteiger partial charge in [-0.2, -0.15) is 0 Å². The molecule has 0 saturated heterocycles. The third kappa shape index (κ3) is 3.31. The summed E-state index contributed by atoms with van der Waals surface area (Å²) in [5.41, 5.74) is 1.64. The van der Waals surface area contributed by atoms with E-state index in [2.05, 4.69) is 9.97 Å². The van der Waals surface area contributed by atoms with Crippen LogP contribution in [-0.2, 0) is 0 Å². The summed E-state index contributed by atoms with van der Waals surface area (Å²) in [7, 11) is 1.87. The number of anilines is 1. The van der Waals surface area contributed by atoms with Gasteiger partial charge in [0.1, 0.15) is 0 Å². The predicted molar refractivity (Wildman–Crippen MR) is 82.0 cm³/mol. The zero-order valence-corrected chi connectivity index (χ0v) is 12.8. The van der Waals surface area contributed by atoms with Gasteiger partial charge in [-0.3, -0.25) is 0 Å². The number of aromatic carboxylic acids is 1. The van der Waals surface area contributed by atoms with Crippen molar-refractivity contribution in [1.82, 2.24) is 9.97 Å². The van der Waals surface area contributed by atoms with Gasteiger partial charge in [-0.15, -0.1) is 0 Å². The van der Waals surface area contributed by atoms with Gasteiger partial charge in [-0.1, -0.05) is 23.7 Å². The lowest BCUT2D eigenvalue weighted by atomic mass is 10.1. The van der Waals surface area contributed by atoms with Crippen LogP contribution in [-0.4, -0.2) is 28.1 Å². The number of hydrogen-bond donors (Lipinski definition) is 1. The van der Waals surface area contributed by atoms with Gasteiger partial charge < -0.3 is 10.0 Å². The van der Waals surface area contributed by atoms with Crippen LogP contribution in [0.5, 0.6) is 0 Å². The van der Waals surface area contributed by atoms with E-state index in [1.807, 2.05) is 43.1 Å². The zero-order valence-electron chi connectivity index (χ0n) is 12.0. The second-order valence-corrected chi connectivity index (χ2v) is 5.25. The topological polar surface area (TPSA) is 66.3 Å². The van der Waals surface area contributed by atoms with Crippen LogP contribution in [0.4, 0.5) is 5.95 Å². The SMILES string of the molecule is Cc1nc(N(C)C(C)c2ccc(Cl)cc2)ncc1C(=O)O. The van der Waals surface area contributed by atoms with Gasteiger partial charge in [-0.05, 0) is 31.5 Å². The molecule has 6 heteroatoms. The van der Waals surface area contributed by atoms with E-state index in [0.29, 0.717) is 16.7 Å². The Morgan fingerprint density at radius 2 is 1.95 bits per heavy atom. The Morgan fingerprint density at radius 3 is 2.48 bits per heavy atom. The average Bonchev–Trinajstić information content (AvgIpc) is 2.46. The van der Waals surface area contributed by atoms with Crippen LogP contribution in [0.15, 0.2) is 30.5 Å². The normalized spacial score (nSPS) is 12.0. The largest absolute Gasteiger partial charge is 0.478 e. The zero-order chi connectivity index (χ0) is 15.6. The molecule has 0 fully saturated rings. The van der Waals surface area contributed by atoms with Gasteiger partial charge in [0.25, 0.3) is 0 Å². The minimum atomic E-state index is -1.02. The molecule has 1 atom stereocenters. The summed E-state index contributed by atoms with van der Waals surface area (Å²) < 4.78 is 0. The van der Waals surface area contributed by atoms with Gasteiger partial charge in [0.15, 0.2) is 0 Å². The van der Waals surface area contributed by atoms with Crippen molar-refractivity contribution in [2.75, 3.05) is 11.9 Å². The van der Waals surface area contributed by atoms with Gasteiger partial charge in [0, 0.05) is 18.3 Å². The van der Waals surface area contributed by atoms with Crippen molar-refractivity contribution >= 4 is 23.5 Å². The molecule has 1 heterocycles. The molecule has 110 valence electrons. The number of nitrogens with zero attached hydrogens (tertiary/aromatic N) is 3. The number of hydrogen-bond acceptors (Lipinski definition) is 4. The summed E-state index contributed by atoms with van der Waals surface area (Å²) in [6, 6.07) is 7.60. The van der Waals surface area contributed by atoms with Crippen LogP contribution in [0.3, 0.4) is 0 Å². The van der Waals surface area contributed by atoms with Crippen molar-refractivity contribution in [1.29, 1.82) is 0 Å². The van der Waals surface area contributed by atoms with E-state index in [4.69, 9.17) is 16.7 Å². The second-order valence-electron chi connectivity index (χ2n) is 4.81. The molecule has 1 aromatic heterocycles. The Hall–Kier alpha value is -2.14. The van der Waals surface area contributed by atoms with Crippen LogP contribution in [0.1, 0.15) is 34.6 Å². The van der Waals surface area contributed by atoms with E-state index in [1.54, 1.807) is 6.92 Å². The predicted octanol–water partition coefficient (Wildman–Crippen LogP) is 3.33. The summed E-state index contributed by atoms with van der Waals surface area (Å²) in [5.74, 6) is -0.535. The Kier molecular flexibility index (Phi) is 4.43. The number of benzene rings is 1. The molecule has 21 heavy (non-hydrogen) atoms. The quantitative estimate of drug-likeness (QED) is 0.938. The van der Waals surface area contributed by atoms with E-state index in [1.165, 1.54) is 6.20 Å². The molecule has 0 aliphatic heterocycles. The standard InChI is InChI=1S/C15H16ClN3O2/c1-9-13(14(20)21)8-17-15(18-9)19(3)10(2)11-4-6-12(16)7-5-11/h4-8,10H,1-3H3,(H,20,21). The number of halogens is 1. The van der Waals surface area contributed by atoms with Gasteiger partial charge in [-0.25, -0.2) is 14.8 Å². The lowest BCUT2D eigenvalue weighted by molar-refractivity contribution is 0.0695. The molecule has 0 saturated carbocycles. The van der Waals surface area contributed by atoms with Crippen LogP contribution in [0.25, 0.3) is 0 Å². The third-order valence-corrected chi connectivity index (χ3v) is 3.70. The monoisotopic (exact) mass is 305 g/mol. The first-order chi connectivity index (χ1) is 9.90. The smallest absolute Gasteiger partial charge is 0.339 e. The van der Waals surface area contributed by atoms with Crippen LogP contribution < -0.4 is 4.90 Å². The summed E-state index contributed by atoms with van der Waals surface area (Å²) in [6.07, 6.45) is 1.34. The molecule has 1 N–H and O–H groups in total. The Balaban J connectivity index is 2.27. The van der Waals surface area contributed by atoms with Crippen molar-refractivity contribution in [3.8, 4) is 0 Å². The van der Waals surface area contributed by atoms with Crippen LogP contribution in [0.2, 0.25) is 5.02 Å². The van der Waals surface area contributed by atoms with Crippen LogP contribution in [0, 0.1) is 6.92 Å². The van der Waals surface area contributed by atoms with E-state index in [0.717, 1.165) is 5.56 Å². The van der Waals surface area contributed by atoms with Crippen molar-refractivity contribution in [3.05, 3.63) is 52.3 Å². The highest BCUT2D eigenvalue weighted by Gasteiger charge is 2.17. The molecule has 2 aromatic rings. The maximum Gasteiger partial charge on any atom is 0.339 e. The maximum atomic E-state index is 11.0. The number of rotatable bonds is 4. The van der Waals surface area contributed by atoms with Gasteiger partial charge in [0.2, 0.25) is 5.95 Å². The van der Waals surface area contributed by atoms with Crippen molar-refractivity contribution in [3.63, 3.8) is 0 Å². The Morgan fingerprint density at radius 1 is 1.33 bits per heavy atom. The van der Waals surface area contributed by atoms with Crippen molar-refractivity contribution in [2.24, 2.45) is 0 Å². The first kappa shape index (κ1) is 15.3. The molecule has 1 unspecified atom stereocenters. The van der Waals surface area contributed by atoms with Crippen molar-refractivity contribution in [2.45, 2.75) is 19.9 Å². The van der Waals surface area contributed by atoms with E-state index in [9.17, 15) is 4.79 Å². The van der Waals surface area contributed by atoms with E-state index < -0.39 is 5.97 Å². The second kappa shape index (κ2) is 6.10. The molecule has 0 amide bonds. The van der Waals surface area contributed by atoms with E-state index >= 15 is 0 Å². The summed E-state index contributed by atoms with van der Waals surface area (Å²) in [4.78, 5) is 21.3. The number of carboxylic acid groups (broad SMARTS) is 1. The summed E-state index contributed by atoms with van der Waals surface area (Å²) in [6.45, 7) is 3.68. The molecule has 0 aliphatic carbocycles. The minimum Gasteiger partial charge on any atom is -0.478 e. The average molecular weight is 306 g/mol. The first-order valence-corrected chi connectivity index (χ1v) is 6.83. The highest BCUT2D eigenvalue weighted by molar-refractivity contribution is 6.30. The molecule has 5 nitrogen and oxygen atoms in total. The van der Waals surface area contributed by atoms with Gasteiger partial charge >= 0.3 is 5.97 Å². The first-order valence-electron chi connectivity index (χ1n) is 6.45. The number of carbonyl (C=O) groups is 1. The molecule has 0 bridgehead atoms. The summed E-state index contributed by atoms with van der Waals surface area (Å²) >= 11 is 5.89. The van der Waals surface area contributed by atoms with Gasteiger partial charge in [0.05, 0.1) is 17.3 Å². The fourth-order valence-electron chi connectivity index (χ4n) is 1.97. The Labute approximate surface area is 128 Å². The minimum absolute atomic E-state index is 0.0392. The summed E-state index contributed by atoms with van der Waals surface area (Å²) in [5, 5.41) is 9.69. The number of aryl methyl sites for hydroxylation is 1. The fraction of sp³-hybridized carbons (Fsp3) is 0.267. The van der Waals surface area contributed by atoms with E-state index in [-0.39, 0.29) is 11.6 Å². The lowest BCUT2D eigenvalue weighted by Crippen LogP contribution is -2.24.